The van der Waals surface area contributed by atoms with Gasteiger partial charge < -0.3 is 9.47 Å². The molecule has 0 saturated heterocycles. The Morgan fingerprint density at radius 2 is 1.91 bits per heavy atom. The summed E-state index contributed by atoms with van der Waals surface area (Å²) in [5.41, 5.74) is 2.85. The Hall–Kier alpha value is -3.65. The van der Waals surface area contributed by atoms with Gasteiger partial charge in [-0.05, 0) is 55.3 Å². The van der Waals surface area contributed by atoms with E-state index in [1.807, 2.05) is 72.2 Å². The third kappa shape index (κ3) is 4.61. The normalized spacial score (nSPS) is 13.1. The van der Waals surface area contributed by atoms with Gasteiger partial charge >= 0.3 is 0 Å². The number of benzene rings is 2. The number of pyridine rings is 1. The second-order valence-corrected chi connectivity index (χ2v) is 8.94. The molecule has 1 unspecified atom stereocenters. The molecule has 2 aromatic carbocycles. The average Bonchev–Trinajstić information content (AvgIpc) is 3.50. The van der Waals surface area contributed by atoms with Gasteiger partial charge in [-0.2, -0.15) is 0 Å². The predicted molar refractivity (Wildman–Crippen MR) is 126 cm³/mol. The molecule has 1 aliphatic heterocycles. The van der Waals surface area contributed by atoms with Gasteiger partial charge in [0.25, 0.3) is 0 Å². The minimum Gasteiger partial charge on any atom is -0.454 e. The fourth-order valence-corrected chi connectivity index (χ4v) is 4.58. The van der Waals surface area contributed by atoms with E-state index in [-0.39, 0.29) is 17.8 Å². The van der Waals surface area contributed by atoms with Crippen LogP contribution in [-0.4, -0.2) is 37.6 Å². The molecule has 0 amide bonds. The fourth-order valence-electron chi connectivity index (χ4n) is 3.63. The Kier molecular flexibility index (Phi) is 6.08. The first-order valence-electron chi connectivity index (χ1n) is 10.7. The number of rotatable bonds is 8. The second-order valence-electron chi connectivity index (χ2n) is 7.63. The first kappa shape index (κ1) is 21.2. The number of aryl methyl sites for hydroxylation is 1. The van der Waals surface area contributed by atoms with E-state index in [1.165, 1.54) is 11.8 Å². The Bertz CT molecular complexity index is 1260. The number of carbonyl (C=O) groups is 1. The lowest BCUT2D eigenvalue weighted by Gasteiger charge is -2.13. The average molecular weight is 459 g/mol. The van der Waals surface area contributed by atoms with E-state index in [0.29, 0.717) is 23.8 Å². The van der Waals surface area contributed by atoms with Crippen LogP contribution in [0.3, 0.4) is 0 Å². The molecule has 3 heterocycles. The summed E-state index contributed by atoms with van der Waals surface area (Å²) in [5, 5.41) is 9.23. The Morgan fingerprint density at radius 1 is 1.06 bits per heavy atom. The fraction of sp³-hybridized carbons (Fsp3) is 0.200. The lowest BCUT2D eigenvalue weighted by Crippen LogP contribution is -2.15. The number of hydrogen-bond donors (Lipinski definition) is 0. The molecule has 1 atom stereocenters. The van der Waals surface area contributed by atoms with Crippen LogP contribution in [-0.2, 0) is 11.2 Å². The van der Waals surface area contributed by atoms with Crippen LogP contribution >= 0.6 is 11.8 Å². The van der Waals surface area contributed by atoms with E-state index in [1.54, 1.807) is 12.4 Å². The van der Waals surface area contributed by atoms with Crippen LogP contribution in [0.15, 0.2) is 78.2 Å². The molecule has 1 aliphatic rings. The smallest absolute Gasteiger partial charge is 0.231 e. The molecule has 7 nitrogen and oxygen atoms in total. The summed E-state index contributed by atoms with van der Waals surface area (Å²) < 4.78 is 12.8. The van der Waals surface area contributed by atoms with Crippen molar-refractivity contribution in [2.24, 2.45) is 0 Å². The Balaban J connectivity index is 1.33. The van der Waals surface area contributed by atoms with E-state index < -0.39 is 0 Å². The first-order chi connectivity index (χ1) is 16.2. The van der Waals surface area contributed by atoms with Gasteiger partial charge in [0.05, 0.1) is 5.25 Å². The summed E-state index contributed by atoms with van der Waals surface area (Å²) >= 11 is 1.42. The molecule has 0 saturated carbocycles. The highest BCUT2D eigenvalue weighted by atomic mass is 32.2. The highest BCUT2D eigenvalue weighted by Gasteiger charge is 2.22. The molecule has 33 heavy (non-hydrogen) atoms. The Labute approximate surface area is 195 Å². The summed E-state index contributed by atoms with van der Waals surface area (Å²) in [6.45, 7) is 2.16. The van der Waals surface area contributed by atoms with Crippen molar-refractivity contribution < 1.29 is 14.3 Å². The highest BCUT2D eigenvalue weighted by Crippen LogP contribution is 2.33. The summed E-state index contributed by atoms with van der Waals surface area (Å²) in [6.07, 6.45) is 4.57. The predicted octanol–water partition coefficient (Wildman–Crippen LogP) is 4.74. The maximum Gasteiger partial charge on any atom is 0.231 e. The van der Waals surface area contributed by atoms with Crippen LogP contribution < -0.4 is 9.47 Å². The van der Waals surface area contributed by atoms with Crippen molar-refractivity contribution in [3.05, 3.63) is 78.6 Å². The lowest BCUT2D eigenvalue weighted by atomic mass is 10.1. The third-order valence-corrected chi connectivity index (χ3v) is 6.49. The summed E-state index contributed by atoms with van der Waals surface area (Å²) in [4.78, 5) is 17.1. The van der Waals surface area contributed by atoms with Gasteiger partial charge in [-0.1, -0.05) is 36.0 Å². The number of nitrogens with zero attached hydrogens (tertiary/aromatic N) is 4. The number of aromatic nitrogens is 4. The quantitative estimate of drug-likeness (QED) is 0.353. The van der Waals surface area contributed by atoms with Crippen molar-refractivity contribution in [3.8, 4) is 28.6 Å². The number of fused-ring (bicyclic) bond motifs is 1. The maximum absolute atomic E-state index is 12.9. The number of ether oxygens (including phenoxy) is 2. The minimum atomic E-state index is -0.271. The summed E-state index contributed by atoms with van der Waals surface area (Å²) in [7, 11) is 0. The van der Waals surface area contributed by atoms with Crippen molar-refractivity contribution in [1.82, 2.24) is 19.7 Å². The maximum atomic E-state index is 12.9. The van der Waals surface area contributed by atoms with Crippen LogP contribution in [0.1, 0.15) is 18.9 Å². The van der Waals surface area contributed by atoms with Crippen LogP contribution in [0.5, 0.6) is 11.5 Å². The van der Waals surface area contributed by atoms with Crippen molar-refractivity contribution in [1.29, 1.82) is 0 Å². The summed E-state index contributed by atoms with van der Waals surface area (Å²) in [5.74, 6) is 2.33. The SMILES string of the molecule is CC(Sc1nnc(-c2cccnc2)n1-c1ccccc1)C(=O)CCc1ccc2c(c1)OCO2. The molecular weight excluding hydrogens is 436 g/mol. The topological polar surface area (TPSA) is 79.1 Å². The summed E-state index contributed by atoms with van der Waals surface area (Å²) in [6, 6.07) is 19.5. The monoisotopic (exact) mass is 458 g/mol. The molecule has 166 valence electrons. The lowest BCUT2D eigenvalue weighted by molar-refractivity contribution is -0.118. The zero-order valence-electron chi connectivity index (χ0n) is 18.0. The van der Waals surface area contributed by atoms with Gasteiger partial charge in [-0.25, -0.2) is 0 Å². The van der Waals surface area contributed by atoms with Crippen molar-refractivity contribution >= 4 is 17.5 Å². The molecule has 4 aromatic rings. The number of carbonyl (C=O) groups excluding carboxylic acids is 1. The van der Waals surface area contributed by atoms with E-state index in [2.05, 4.69) is 15.2 Å². The van der Waals surface area contributed by atoms with Gasteiger partial charge in [0.1, 0.15) is 5.78 Å². The molecule has 0 radical (unpaired) electrons. The second kappa shape index (κ2) is 9.46. The highest BCUT2D eigenvalue weighted by molar-refractivity contribution is 8.00. The number of Topliss-reactive ketones (excluding diaryl/α,β-unsaturated/α-hetero) is 1. The van der Waals surface area contributed by atoms with Crippen molar-refractivity contribution in [2.45, 2.75) is 30.2 Å². The van der Waals surface area contributed by atoms with E-state index in [0.717, 1.165) is 28.3 Å². The zero-order valence-corrected chi connectivity index (χ0v) is 18.9. The van der Waals surface area contributed by atoms with E-state index in [9.17, 15) is 4.79 Å². The van der Waals surface area contributed by atoms with Crippen molar-refractivity contribution in [2.75, 3.05) is 6.79 Å². The van der Waals surface area contributed by atoms with Crippen LogP contribution in [0.2, 0.25) is 0 Å². The van der Waals surface area contributed by atoms with Gasteiger partial charge in [0.15, 0.2) is 22.5 Å². The van der Waals surface area contributed by atoms with Gasteiger partial charge in [0, 0.05) is 30.1 Å². The standard InChI is InChI=1S/C25H22N4O3S/c1-17(21(30)11-9-18-10-12-22-23(14-18)32-16-31-22)33-25-28-27-24(19-6-5-13-26-15-19)29(25)20-7-3-2-4-8-20/h2-8,10,12-15,17H,9,11,16H2,1H3. The Morgan fingerprint density at radius 3 is 2.73 bits per heavy atom. The van der Waals surface area contributed by atoms with Crippen LogP contribution in [0.25, 0.3) is 17.1 Å². The van der Waals surface area contributed by atoms with Crippen molar-refractivity contribution in [3.63, 3.8) is 0 Å². The molecule has 8 heteroatoms. The minimum absolute atomic E-state index is 0.156. The number of thioether (sulfide) groups is 1. The number of hydrogen-bond acceptors (Lipinski definition) is 7. The molecule has 0 spiro atoms. The molecule has 0 aliphatic carbocycles. The van der Waals surface area contributed by atoms with Gasteiger partial charge in [-0.3, -0.25) is 14.3 Å². The molecule has 0 N–H and O–H groups in total. The van der Waals surface area contributed by atoms with Gasteiger partial charge in [-0.15, -0.1) is 10.2 Å². The molecule has 5 rings (SSSR count). The first-order valence-corrected chi connectivity index (χ1v) is 11.6. The molecule has 0 fully saturated rings. The van der Waals surface area contributed by atoms with Crippen LogP contribution in [0, 0.1) is 0 Å². The third-order valence-electron chi connectivity index (χ3n) is 5.40. The number of para-hydroxylation sites is 1. The largest absolute Gasteiger partial charge is 0.454 e. The zero-order chi connectivity index (χ0) is 22.6. The van der Waals surface area contributed by atoms with E-state index in [4.69, 9.17) is 9.47 Å². The number of ketones is 1. The molecular formula is C25H22N4O3S. The van der Waals surface area contributed by atoms with E-state index >= 15 is 0 Å². The molecule has 2 aromatic heterocycles. The van der Waals surface area contributed by atoms with Gasteiger partial charge in [0.2, 0.25) is 6.79 Å². The molecule has 0 bridgehead atoms. The van der Waals surface area contributed by atoms with Crippen LogP contribution in [0.4, 0.5) is 0 Å².